The summed E-state index contributed by atoms with van der Waals surface area (Å²) < 4.78 is 22.6. The number of anilines is 1. The van der Waals surface area contributed by atoms with Crippen molar-refractivity contribution in [3.63, 3.8) is 0 Å². The molecular formula is C12H20N2O2S. The van der Waals surface area contributed by atoms with Gasteiger partial charge < -0.3 is 10.7 Å². The van der Waals surface area contributed by atoms with Crippen LogP contribution in [0.25, 0.3) is 0 Å². The quantitative estimate of drug-likeness (QED) is 0.816. The van der Waals surface area contributed by atoms with Gasteiger partial charge >= 0.3 is 0 Å². The van der Waals surface area contributed by atoms with Crippen molar-refractivity contribution in [2.75, 3.05) is 18.6 Å². The van der Waals surface area contributed by atoms with Gasteiger partial charge in [0.15, 0.2) is 9.84 Å². The van der Waals surface area contributed by atoms with Crippen molar-refractivity contribution in [2.24, 2.45) is 0 Å². The lowest BCUT2D eigenvalue weighted by Crippen LogP contribution is -2.04. The van der Waals surface area contributed by atoms with Gasteiger partial charge in [-0.05, 0) is 25.1 Å². The Kier molecular flexibility index (Phi) is 5.88. The lowest BCUT2D eigenvalue weighted by Gasteiger charge is -2.09. The number of nitrogens with one attached hydrogen (secondary N) is 2. The minimum absolute atomic E-state index is 0.261. The van der Waals surface area contributed by atoms with Crippen LogP contribution in [0.1, 0.15) is 26.3 Å². The van der Waals surface area contributed by atoms with Gasteiger partial charge in [0.25, 0.3) is 0 Å². The molecule has 0 amide bonds. The van der Waals surface area contributed by atoms with E-state index in [0.717, 1.165) is 0 Å². The number of hydrogen-bond donors (Lipinski definition) is 2. The molecule has 4 nitrogen and oxygen atoms in total. The summed E-state index contributed by atoms with van der Waals surface area (Å²) in [6, 6.07) is 4.71. The monoisotopic (exact) mass is 256 g/mol. The summed E-state index contributed by atoms with van der Waals surface area (Å²) in [7, 11) is -1.49. The van der Waals surface area contributed by atoms with Crippen molar-refractivity contribution in [1.29, 1.82) is 5.41 Å². The zero-order valence-electron chi connectivity index (χ0n) is 11.0. The van der Waals surface area contributed by atoms with Gasteiger partial charge in [0.2, 0.25) is 0 Å². The SMILES string of the molecule is CC.CNc1cc(S(C)(=O)=O)ccc1C(C)=N. The molecule has 0 saturated carbocycles. The van der Waals surface area contributed by atoms with Crippen LogP contribution in [0.3, 0.4) is 0 Å². The molecule has 0 fully saturated rings. The van der Waals surface area contributed by atoms with E-state index in [-0.39, 0.29) is 4.90 Å². The van der Waals surface area contributed by atoms with Gasteiger partial charge in [0.1, 0.15) is 0 Å². The third-order valence-corrected chi connectivity index (χ3v) is 3.20. The molecule has 0 aromatic heterocycles. The summed E-state index contributed by atoms with van der Waals surface area (Å²) >= 11 is 0. The molecule has 96 valence electrons. The Bertz CT molecular complexity index is 493. The molecule has 1 aromatic carbocycles. The largest absolute Gasteiger partial charge is 0.388 e. The first-order valence-corrected chi connectivity index (χ1v) is 7.33. The van der Waals surface area contributed by atoms with E-state index in [2.05, 4.69) is 5.32 Å². The van der Waals surface area contributed by atoms with E-state index in [1.165, 1.54) is 12.3 Å². The molecule has 0 spiro atoms. The van der Waals surface area contributed by atoms with Crippen molar-refractivity contribution in [2.45, 2.75) is 25.7 Å². The van der Waals surface area contributed by atoms with E-state index in [1.54, 1.807) is 26.1 Å². The maximum atomic E-state index is 11.3. The van der Waals surface area contributed by atoms with Crippen LogP contribution in [0.15, 0.2) is 23.1 Å². The standard InChI is InChI=1S/C10H14N2O2S.C2H6/c1-7(11)9-5-4-8(15(3,13)14)6-10(9)12-2;1-2/h4-6,11-12H,1-3H3;1-2H3. The highest BCUT2D eigenvalue weighted by Crippen LogP contribution is 2.20. The molecule has 1 aromatic rings. The Labute approximate surface area is 103 Å². The summed E-state index contributed by atoms with van der Waals surface area (Å²) in [5.74, 6) is 0. The minimum Gasteiger partial charge on any atom is -0.388 e. The maximum absolute atomic E-state index is 11.3. The summed E-state index contributed by atoms with van der Waals surface area (Å²) in [4.78, 5) is 0.261. The molecule has 2 N–H and O–H groups in total. The summed E-state index contributed by atoms with van der Waals surface area (Å²) in [5, 5.41) is 10.4. The predicted octanol–water partition coefficient (Wildman–Crippen LogP) is 2.55. The smallest absolute Gasteiger partial charge is 0.175 e. The molecule has 0 atom stereocenters. The minimum atomic E-state index is -3.19. The highest BCUT2D eigenvalue weighted by atomic mass is 32.2. The zero-order chi connectivity index (χ0) is 13.6. The van der Waals surface area contributed by atoms with Crippen LogP contribution in [0.4, 0.5) is 5.69 Å². The Balaban J connectivity index is 0.00000121. The topological polar surface area (TPSA) is 70.0 Å². The van der Waals surface area contributed by atoms with Crippen LogP contribution in [0.2, 0.25) is 0 Å². The van der Waals surface area contributed by atoms with Gasteiger partial charge in [0, 0.05) is 30.3 Å². The highest BCUT2D eigenvalue weighted by molar-refractivity contribution is 7.90. The van der Waals surface area contributed by atoms with Crippen molar-refractivity contribution in [1.82, 2.24) is 0 Å². The lowest BCUT2D eigenvalue weighted by molar-refractivity contribution is 0.602. The third kappa shape index (κ3) is 4.19. The molecule has 5 heteroatoms. The Morgan fingerprint density at radius 1 is 1.29 bits per heavy atom. The van der Waals surface area contributed by atoms with Crippen molar-refractivity contribution >= 4 is 21.2 Å². The fourth-order valence-corrected chi connectivity index (χ4v) is 1.94. The molecule has 0 heterocycles. The van der Waals surface area contributed by atoms with E-state index < -0.39 is 9.84 Å². The second kappa shape index (κ2) is 6.39. The molecular weight excluding hydrogens is 236 g/mol. The normalized spacial score (nSPS) is 10.2. The van der Waals surface area contributed by atoms with Gasteiger partial charge in [0.05, 0.1) is 4.90 Å². The Hall–Kier alpha value is -1.36. The summed E-state index contributed by atoms with van der Waals surface area (Å²) in [5.41, 5.74) is 1.77. The van der Waals surface area contributed by atoms with E-state index in [1.807, 2.05) is 13.8 Å². The van der Waals surface area contributed by atoms with Crippen molar-refractivity contribution in [3.05, 3.63) is 23.8 Å². The van der Waals surface area contributed by atoms with E-state index >= 15 is 0 Å². The number of hydrogen-bond acceptors (Lipinski definition) is 4. The third-order valence-electron chi connectivity index (χ3n) is 2.09. The molecule has 0 aliphatic rings. The molecule has 0 aliphatic carbocycles. The fourth-order valence-electron chi connectivity index (χ4n) is 1.29. The van der Waals surface area contributed by atoms with E-state index in [4.69, 9.17) is 5.41 Å². The van der Waals surface area contributed by atoms with Crippen molar-refractivity contribution < 1.29 is 8.42 Å². The van der Waals surface area contributed by atoms with Gasteiger partial charge in [-0.2, -0.15) is 0 Å². The van der Waals surface area contributed by atoms with Gasteiger partial charge in [-0.1, -0.05) is 13.8 Å². The number of sulfone groups is 1. The zero-order valence-corrected chi connectivity index (χ0v) is 11.8. The van der Waals surface area contributed by atoms with Crippen LogP contribution < -0.4 is 5.32 Å². The second-order valence-electron chi connectivity index (χ2n) is 3.35. The summed E-state index contributed by atoms with van der Waals surface area (Å²) in [6.45, 7) is 5.66. The van der Waals surface area contributed by atoms with Crippen LogP contribution in [0, 0.1) is 5.41 Å². The van der Waals surface area contributed by atoms with Crippen LogP contribution in [-0.2, 0) is 9.84 Å². The van der Waals surface area contributed by atoms with Gasteiger partial charge in [-0.3, -0.25) is 0 Å². The first-order valence-electron chi connectivity index (χ1n) is 5.43. The maximum Gasteiger partial charge on any atom is 0.175 e. The molecule has 0 radical (unpaired) electrons. The molecule has 0 saturated heterocycles. The number of benzene rings is 1. The lowest BCUT2D eigenvalue weighted by atomic mass is 10.1. The average Bonchev–Trinajstić information content (AvgIpc) is 2.29. The molecule has 17 heavy (non-hydrogen) atoms. The fraction of sp³-hybridized carbons (Fsp3) is 0.417. The Morgan fingerprint density at radius 3 is 2.18 bits per heavy atom. The summed E-state index contributed by atoms with van der Waals surface area (Å²) in [6.07, 6.45) is 1.17. The van der Waals surface area contributed by atoms with Crippen molar-refractivity contribution in [3.8, 4) is 0 Å². The number of rotatable bonds is 3. The van der Waals surface area contributed by atoms with Crippen LogP contribution in [-0.4, -0.2) is 27.4 Å². The van der Waals surface area contributed by atoms with Crippen LogP contribution in [0.5, 0.6) is 0 Å². The highest BCUT2D eigenvalue weighted by Gasteiger charge is 2.10. The Morgan fingerprint density at radius 2 is 1.82 bits per heavy atom. The van der Waals surface area contributed by atoms with E-state index in [0.29, 0.717) is 17.0 Å². The molecule has 0 aliphatic heterocycles. The van der Waals surface area contributed by atoms with E-state index in [9.17, 15) is 8.42 Å². The molecule has 0 bridgehead atoms. The molecule has 1 rings (SSSR count). The van der Waals surface area contributed by atoms with Gasteiger partial charge in [-0.25, -0.2) is 8.42 Å². The average molecular weight is 256 g/mol. The van der Waals surface area contributed by atoms with Crippen LogP contribution >= 0.6 is 0 Å². The second-order valence-corrected chi connectivity index (χ2v) is 5.37. The first-order chi connectivity index (χ1) is 7.86. The predicted molar refractivity (Wildman–Crippen MR) is 72.9 cm³/mol. The molecule has 0 unspecified atom stereocenters. The van der Waals surface area contributed by atoms with Gasteiger partial charge in [-0.15, -0.1) is 0 Å². The first kappa shape index (κ1) is 15.6.